The molecule has 1 aromatic heterocycles. The molecule has 0 aliphatic rings. The first-order chi connectivity index (χ1) is 13.7. The fourth-order valence-electron chi connectivity index (χ4n) is 2.85. The Bertz CT molecular complexity index is 1130. The molecule has 5 nitrogen and oxygen atoms in total. The van der Waals surface area contributed by atoms with Crippen LogP contribution in [0.25, 0.3) is 16.9 Å². The average molecular weight is 412 g/mol. The number of benzene rings is 3. The maximum absolute atomic E-state index is 6.26. The highest BCUT2D eigenvalue weighted by molar-refractivity contribution is 6.35. The zero-order valence-corrected chi connectivity index (χ0v) is 16.4. The van der Waals surface area contributed by atoms with Crippen LogP contribution in [0.15, 0.2) is 72.9 Å². The van der Waals surface area contributed by atoms with Crippen molar-refractivity contribution in [2.45, 2.75) is 0 Å². The van der Waals surface area contributed by atoms with Crippen molar-refractivity contribution in [1.82, 2.24) is 15.0 Å². The minimum Gasteiger partial charge on any atom is -0.496 e. The molecule has 0 saturated carbocycles. The average Bonchev–Trinajstić information content (AvgIpc) is 3.20. The van der Waals surface area contributed by atoms with Gasteiger partial charge in [0.25, 0.3) is 0 Å². The lowest BCUT2D eigenvalue weighted by Gasteiger charge is -2.14. The van der Waals surface area contributed by atoms with Crippen LogP contribution in [0.4, 0.5) is 0 Å². The first kappa shape index (κ1) is 18.3. The molecule has 0 spiro atoms. The van der Waals surface area contributed by atoms with E-state index < -0.39 is 0 Å². The van der Waals surface area contributed by atoms with Gasteiger partial charge < -0.3 is 9.47 Å². The molecule has 0 bridgehead atoms. The minimum atomic E-state index is 0.422. The van der Waals surface area contributed by atoms with Gasteiger partial charge in [0.05, 0.1) is 24.0 Å². The standard InChI is InChI=1S/C21H15Cl2N3O2/c1-27-19-8-4-2-6-15(19)18-13-24-25-26(18)17-7-3-5-9-21(17)28-20-11-10-14(22)12-16(20)23/h2-13H,1H3. The van der Waals surface area contributed by atoms with Crippen molar-refractivity contribution in [2.75, 3.05) is 7.11 Å². The number of para-hydroxylation sites is 3. The van der Waals surface area contributed by atoms with E-state index in [9.17, 15) is 0 Å². The van der Waals surface area contributed by atoms with E-state index in [0.29, 0.717) is 27.2 Å². The van der Waals surface area contributed by atoms with Crippen LogP contribution in [0.3, 0.4) is 0 Å². The van der Waals surface area contributed by atoms with Gasteiger partial charge in [-0.05, 0) is 42.5 Å². The molecule has 0 amide bonds. The van der Waals surface area contributed by atoms with E-state index >= 15 is 0 Å². The van der Waals surface area contributed by atoms with Gasteiger partial charge in [-0.15, -0.1) is 5.10 Å². The van der Waals surface area contributed by atoms with Crippen molar-refractivity contribution in [3.63, 3.8) is 0 Å². The summed E-state index contributed by atoms with van der Waals surface area (Å²) in [5, 5.41) is 9.30. The molecular weight excluding hydrogens is 397 g/mol. The Morgan fingerprint density at radius 2 is 1.61 bits per heavy atom. The summed E-state index contributed by atoms with van der Waals surface area (Å²) < 4.78 is 13.2. The lowest BCUT2D eigenvalue weighted by molar-refractivity contribution is 0.416. The summed E-state index contributed by atoms with van der Waals surface area (Å²) >= 11 is 12.2. The highest BCUT2D eigenvalue weighted by Gasteiger charge is 2.16. The van der Waals surface area contributed by atoms with Gasteiger partial charge in [-0.1, -0.05) is 52.7 Å². The van der Waals surface area contributed by atoms with Crippen molar-refractivity contribution >= 4 is 23.2 Å². The third-order valence-electron chi connectivity index (χ3n) is 4.14. The molecule has 3 aromatic carbocycles. The zero-order valence-electron chi connectivity index (χ0n) is 14.8. The molecule has 0 saturated heterocycles. The quantitative estimate of drug-likeness (QED) is 0.401. The fraction of sp³-hybridized carbons (Fsp3) is 0.0476. The van der Waals surface area contributed by atoms with Crippen LogP contribution in [0, 0.1) is 0 Å². The monoisotopic (exact) mass is 411 g/mol. The van der Waals surface area contributed by atoms with E-state index in [-0.39, 0.29) is 0 Å². The Hall–Kier alpha value is -3.02. The molecular formula is C21H15Cl2N3O2. The van der Waals surface area contributed by atoms with E-state index in [1.165, 1.54) is 0 Å². The summed E-state index contributed by atoms with van der Waals surface area (Å²) in [6.07, 6.45) is 1.68. The zero-order chi connectivity index (χ0) is 19.5. The largest absolute Gasteiger partial charge is 0.496 e. The number of hydrogen-bond donors (Lipinski definition) is 0. The number of aromatic nitrogens is 3. The van der Waals surface area contributed by atoms with Crippen molar-refractivity contribution in [1.29, 1.82) is 0 Å². The van der Waals surface area contributed by atoms with Gasteiger partial charge in [0, 0.05) is 10.6 Å². The van der Waals surface area contributed by atoms with Gasteiger partial charge in [0.2, 0.25) is 0 Å². The van der Waals surface area contributed by atoms with Gasteiger partial charge in [-0.3, -0.25) is 0 Å². The maximum atomic E-state index is 6.26. The summed E-state index contributed by atoms with van der Waals surface area (Å²) in [6.45, 7) is 0. The van der Waals surface area contributed by atoms with Crippen LogP contribution < -0.4 is 9.47 Å². The molecule has 7 heteroatoms. The molecule has 0 aliphatic carbocycles. The Morgan fingerprint density at radius 1 is 0.857 bits per heavy atom. The molecule has 28 heavy (non-hydrogen) atoms. The Labute approximate surface area is 172 Å². The predicted molar refractivity (Wildman–Crippen MR) is 110 cm³/mol. The Kier molecular flexibility index (Phi) is 5.19. The van der Waals surface area contributed by atoms with E-state index in [4.69, 9.17) is 32.7 Å². The van der Waals surface area contributed by atoms with E-state index in [1.54, 1.807) is 36.2 Å². The number of ether oxygens (including phenoxy) is 2. The van der Waals surface area contributed by atoms with Crippen LogP contribution in [0.1, 0.15) is 0 Å². The normalized spacial score (nSPS) is 10.7. The summed E-state index contributed by atoms with van der Waals surface area (Å²) in [7, 11) is 1.63. The van der Waals surface area contributed by atoms with Crippen LogP contribution in [-0.2, 0) is 0 Å². The van der Waals surface area contributed by atoms with Crippen LogP contribution in [0.2, 0.25) is 10.0 Å². The van der Waals surface area contributed by atoms with E-state index in [2.05, 4.69) is 10.3 Å². The number of halogens is 2. The Morgan fingerprint density at radius 3 is 2.39 bits per heavy atom. The second kappa shape index (κ2) is 7.92. The lowest BCUT2D eigenvalue weighted by atomic mass is 10.1. The van der Waals surface area contributed by atoms with Crippen LogP contribution in [0.5, 0.6) is 17.2 Å². The van der Waals surface area contributed by atoms with Gasteiger partial charge in [0.15, 0.2) is 5.75 Å². The van der Waals surface area contributed by atoms with E-state index in [1.807, 2.05) is 48.5 Å². The lowest BCUT2D eigenvalue weighted by Crippen LogP contribution is -2.02. The van der Waals surface area contributed by atoms with Crippen molar-refractivity contribution in [3.8, 4) is 34.2 Å². The molecule has 4 aromatic rings. The maximum Gasteiger partial charge on any atom is 0.153 e. The number of hydrogen-bond acceptors (Lipinski definition) is 4. The molecule has 0 fully saturated rings. The molecule has 0 N–H and O–H groups in total. The van der Waals surface area contributed by atoms with Gasteiger partial charge in [-0.2, -0.15) is 0 Å². The summed E-state index contributed by atoms with van der Waals surface area (Å²) in [4.78, 5) is 0. The smallest absolute Gasteiger partial charge is 0.153 e. The molecule has 0 radical (unpaired) electrons. The van der Waals surface area contributed by atoms with Gasteiger partial charge >= 0.3 is 0 Å². The first-order valence-electron chi connectivity index (χ1n) is 8.44. The van der Waals surface area contributed by atoms with Gasteiger partial charge in [0.1, 0.15) is 17.2 Å². The second-order valence-electron chi connectivity index (χ2n) is 5.88. The fourth-order valence-corrected chi connectivity index (χ4v) is 3.29. The number of nitrogens with zero attached hydrogens (tertiary/aromatic N) is 3. The van der Waals surface area contributed by atoms with Gasteiger partial charge in [-0.25, -0.2) is 4.68 Å². The molecule has 0 unspecified atom stereocenters. The summed E-state index contributed by atoms with van der Waals surface area (Å²) in [5.74, 6) is 1.80. The molecule has 0 atom stereocenters. The SMILES string of the molecule is COc1ccccc1-c1cnnn1-c1ccccc1Oc1ccc(Cl)cc1Cl. The number of rotatable bonds is 5. The van der Waals surface area contributed by atoms with Crippen molar-refractivity contribution in [3.05, 3.63) is 83.0 Å². The van der Waals surface area contributed by atoms with E-state index in [0.717, 1.165) is 17.0 Å². The third-order valence-corrected chi connectivity index (χ3v) is 4.67. The van der Waals surface area contributed by atoms with Crippen molar-refractivity contribution < 1.29 is 9.47 Å². The molecule has 1 heterocycles. The Balaban J connectivity index is 1.79. The number of methoxy groups -OCH3 is 1. The predicted octanol–water partition coefficient (Wildman–Crippen LogP) is 6.04. The highest BCUT2D eigenvalue weighted by Crippen LogP contribution is 2.36. The second-order valence-corrected chi connectivity index (χ2v) is 6.72. The topological polar surface area (TPSA) is 49.2 Å². The first-order valence-corrected chi connectivity index (χ1v) is 9.19. The molecule has 4 rings (SSSR count). The summed E-state index contributed by atoms with van der Waals surface area (Å²) in [5.41, 5.74) is 2.36. The minimum absolute atomic E-state index is 0.422. The molecule has 140 valence electrons. The highest BCUT2D eigenvalue weighted by atomic mass is 35.5. The van der Waals surface area contributed by atoms with Crippen LogP contribution >= 0.6 is 23.2 Å². The summed E-state index contributed by atoms with van der Waals surface area (Å²) in [6, 6.07) is 20.3. The van der Waals surface area contributed by atoms with Crippen molar-refractivity contribution in [2.24, 2.45) is 0 Å². The molecule has 0 aliphatic heterocycles. The van der Waals surface area contributed by atoms with Crippen LogP contribution in [-0.4, -0.2) is 22.1 Å². The third kappa shape index (κ3) is 3.54.